The predicted molar refractivity (Wildman–Crippen MR) is 74.3 cm³/mol. The van der Waals surface area contributed by atoms with E-state index in [-0.39, 0.29) is 11.6 Å². The van der Waals surface area contributed by atoms with Gasteiger partial charge in [0.2, 0.25) is 5.89 Å². The maximum absolute atomic E-state index is 10.9. The molecule has 0 radical (unpaired) electrons. The highest BCUT2D eigenvalue weighted by molar-refractivity contribution is 5.84. The molecule has 0 saturated heterocycles. The fraction of sp³-hybridized carbons (Fsp3) is 0.214. The Bertz CT molecular complexity index is 649. The van der Waals surface area contributed by atoms with Gasteiger partial charge in [0.25, 0.3) is 0 Å². The largest absolute Gasteiger partial charge is 0.480 e. The Hall–Kier alpha value is -2.67. The number of hydrogen-bond donors (Lipinski definition) is 3. The van der Waals surface area contributed by atoms with Gasteiger partial charge < -0.3 is 19.7 Å². The lowest BCUT2D eigenvalue weighted by atomic mass is 10.2. The second kappa shape index (κ2) is 6.19. The van der Waals surface area contributed by atoms with Crippen LogP contribution < -0.4 is 0 Å². The summed E-state index contributed by atoms with van der Waals surface area (Å²) in [4.78, 5) is 18.6. The molecule has 110 valence electrons. The van der Waals surface area contributed by atoms with Crippen LogP contribution in [-0.4, -0.2) is 44.6 Å². The molecule has 1 aromatic carbocycles. The Balaban J connectivity index is 2.26. The van der Waals surface area contributed by atoms with Crippen molar-refractivity contribution in [2.75, 3.05) is 0 Å². The van der Waals surface area contributed by atoms with Crippen molar-refractivity contribution in [3.8, 4) is 17.4 Å². The summed E-state index contributed by atoms with van der Waals surface area (Å²) < 4.78 is 5.10. The highest BCUT2D eigenvalue weighted by Gasteiger charge is 2.22. The van der Waals surface area contributed by atoms with Gasteiger partial charge in [-0.2, -0.15) is 0 Å². The molecule has 2 aromatic rings. The van der Waals surface area contributed by atoms with Gasteiger partial charge in [-0.05, 0) is 19.1 Å². The molecule has 0 aliphatic rings. The molecule has 0 fully saturated rings. The van der Waals surface area contributed by atoms with Crippen LogP contribution in [-0.2, 0) is 4.79 Å². The summed E-state index contributed by atoms with van der Waals surface area (Å²) in [5, 5.41) is 27.9. The van der Waals surface area contributed by atoms with Crippen LogP contribution in [0.2, 0.25) is 0 Å². The Kier molecular flexibility index (Phi) is 4.34. The lowest BCUT2D eigenvalue weighted by Crippen LogP contribution is -2.30. The van der Waals surface area contributed by atoms with Gasteiger partial charge in [0.05, 0.1) is 12.3 Å². The molecule has 2 rings (SSSR count). The van der Waals surface area contributed by atoms with Crippen molar-refractivity contribution >= 4 is 12.2 Å². The predicted octanol–water partition coefficient (Wildman–Crippen LogP) is 1.30. The number of aliphatic imine (C=N–C) groups is 1. The molecule has 0 aliphatic carbocycles. The van der Waals surface area contributed by atoms with Crippen molar-refractivity contribution in [1.29, 1.82) is 0 Å². The summed E-state index contributed by atoms with van der Waals surface area (Å²) in [6, 6.07) is 7.58. The number of aliphatic hydroxyl groups excluding tert-OH is 1. The first-order valence-electron chi connectivity index (χ1n) is 6.18. The van der Waals surface area contributed by atoms with Gasteiger partial charge in [-0.15, -0.1) is 0 Å². The molecule has 7 nitrogen and oxygen atoms in total. The number of hydrogen-bond acceptors (Lipinski definition) is 6. The molecule has 0 bridgehead atoms. The van der Waals surface area contributed by atoms with E-state index < -0.39 is 24.1 Å². The van der Waals surface area contributed by atoms with Crippen LogP contribution >= 0.6 is 0 Å². The average molecular weight is 290 g/mol. The number of nitrogens with zero attached hydrogens (tertiary/aromatic N) is 2. The Morgan fingerprint density at radius 3 is 2.62 bits per heavy atom. The van der Waals surface area contributed by atoms with Crippen LogP contribution in [0.25, 0.3) is 11.5 Å². The second-order valence-electron chi connectivity index (χ2n) is 4.38. The lowest BCUT2D eigenvalue weighted by molar-refractivity contribution is -0.140. The summed E-state index contributed by atoms with van der Waals surface area (Å²) >= 11 is 0. The zero-order chi connectivity index (χ0) is 15.4. The summed E-state index contributed by atoms with van der Waals surface area (Å²) in [7, 11) is 0. The van der Waals surface area contributed by atoms with Crippen molar-refractivity contribution in [1.82, 2.24) is 4.98 Å². The summed E-state index contributed by atoms with van der Waals surface area (Å²) in [5.41, 5.74) is 0.665. The van der Waals surface area contributed by atoms with E-state index in [0.717, 1.165) is 6.21 Å². The SMILES string of the molecule is CC(O)C(N=Cc1nc(-c2ccccc2)oc1O)C(=O)O. The summed E-state index contributed by atoms with van der Waals surface area (Å²) in [6.45, 7) is 1.31. The van der Waals surface area contributed by atoms with Crippen LogP contribution in [0.15, 0.2) is 39.7 Å². The molecule has 0 spiro atoms. The minimum atomic E-state index is -1.33. The third kappa shape index (κ3) is 3.46. The minimum Gasteiger partial charge on any atom is -0.480 e. The van der Waals surface area contributed by atoms with Crippen molar-refractivity contribution in [3.05, 3.63) is 36.0 Å². The highest BCUT2D eigenvalue weighted by Crippen LogP contribution is 2.25. The lowest BCUT2D eigenvalue weighted by Gasteiger charge is -2.08. The number of carbonyl (C=O) groups is 1. The number of oxazole rings is 1. The Morgan fingerprint density at radius 1 is 1.38 bits per heavy atom. The van der Waals surface area contributed by atoms with E-state index in [2.05, 4.69) is 9.98 Å². The van der Waals surface area contributed by atoms with Crippen molar-refractivity contribution in [2.45, 2.75) is 19.1 Å². The van der Waals surface area contributed by atoms with E-state index in [1.807, 2.05) is 6.07 Å². The van der Waals surface area contributed by atoms with Gasteiger partial charge in [-0.25, -0.2) is 9.78 Å². The van der Waals surface area contributed by atoms with Gasteiger partial charge in [0, 0.05) is 5.56 Å². The molecule has 7 heteroatoms. The van der Waals surface area contributed by atoms with Crippen molar-refractivity contribution < 1.29 is 24.5 Å². The first-order chi connectivity index (χ1) is 9.99. The Morgan fingerprint density at radius 2 is 2.05 bits per heavy atom. The monoisotopic (exact) mass is 290 g/mol. The van der Waals surface area contributed by atoms with E-state index in [4.69, 9.17) is 9.52 Å². The summed E-state index contributed by atoms with van der Waals surface area (Å²) in [5.74, 6) is -1.54. The summed E-state index contributed by atoms with van der Waals surface area (Å²) in [6.07, 6.45) is -0.0991. The number of aromatic nitrogens is 1. The normalized spacial score (nSPS) is 14.2. The van der Waals surface area contributed by atoms with E-state index >= 15 is 0 Å². The maximum Gasteiger partial charge on any atom is 0.331 e. The molecular weight excluding hydrogens is 276 g/mol. The van der Waals surface area contributed by atoms with Crippen molar-refractivity contribution in [2.24, 2.45) is 4.99 Å². The standard InChI is InChI=1S/C14H14N2O5/c1-8(17)11(13(18)19)15-7-10-14(20)21-12(16-10)9-5-3-2-4-6-9/h2-8,11,17,20H,1H3,(H,18,19). The number of carboxylic acids is 1. The van der Waals surface area contributed by atoms with Crippen LogP contribution in [0.1, 0.15) is 12.6 Å². The van der Waals surface area contributed by atoms with Gasteiger partial charge in [0.1, 0.15) is 0 Å². The third-order valence-electron chi connectivity index (χ3n) is 2.72. The molecule has 21 heavy (non-hydrogen) atoms. The topological polar surface area (TPSA) is 116 Å². The highest BCUT2D eigenvalue weighted by atomic mass is 16.5. The molecule has 2 unspecified atom stereocenters. The number of aliphatic carboxylic acids is 1. The molecule has 3 N–H and O–H groups in total. The van der Waals surface area contributed by atoms with Gasteiger partial charge in [0.15, 0.2) is 11.7 Å². The number of rotatable bonds is 5. The first kappa shape index (κ1) is 14.7. The molecular formula is C14H14N2O5. The number of aliphatic hydroxyl groups is 1. The van der Waals surface area contributed by atoms with Crippen LogP contribution in [0, 0.1) is 0 Å². The molecule has 2 atom stereocenters. The fourth-order valence-electron chi connectivity index (χ4n) is 1.66. The van der Waals surface area contributed by atoms with Gasteiger partial charge in [-0.1, -0.05) is 18.2 Å². The zero-order valence-electron chi connectivity index (χ0n) is 11.2. The molecule has 0 amide bonds. The van der Waals surface area contributed by atoms with Crippen LogP contribution in [0.3, 0.4) is 0 Å². The quantitative estimate of drug-likeness (QED) is 0.715. The van der Waals surface area contributed by atoms with E-state index in [1.54, 1.807) is 24.3 Å². The number of benzene rings is 1. The number of carboxylic acid groups (broad SMARTS) is 1. The van der Waals surface area contributed by atoms with Crippen LogP contribution in [0.4, 0.5) is 0 Å². The van der Waals surface area contributed by atoms with E-state index in [9.17, 15) is 15.0 Å². The zero-order valence-corrected chi connectivity index (χ0v) is 11.2. The van der Waals surface area contributed by atoms with Crippen LogP contribution in [0.5, 0.6) is 5.95 Å². The molecule has 0 aliphatic heterocycles. The van der Waals surface area contributed by atoms with E-state index in [1.165, 1.54) is 6.92 Å². The Labute approximate surface area is 120 Å². The van der Waals surface area contributed by atoms with E-state index in [0.29, 0.717) is 5.56 Å². The van der Waals surface area contributed by atoms with Gasteiger partial charge in [-0.3, -0.25) is 4.99 Å². The second-order valence-corrected chi connectivity index (χ2v) is 4.38. The van der Waals surface area contributed by atoms with Crippen molar-refractivity contribution in [3.63, 3.8) is 0 Å². The maximum atomic E-state index is 10.9. The molecule has 0 saturated carbocycles. The van der Waals surface area contributed by atoms with Gasteiger partial charge >= 0.3 is 11.9 Å². The third-order valence-corrected chi connectivity index (χ3v) is 2.72. The first-order valence-corrected chi connectivity index (χ1v) is 6.18. The number of aromatic hydroxyl groups is 1. The molecule has 1 aromatic heterocycles. The fourth-order valence-corrected chi connectivity index (χ4v) is 1.66. The minimum absolute atomic E-state index is 0.000697. The smallest absolute Gasteiger partial charge is 0.331 e. The molecule has 1 heterocycles. The average Bonchev–Trinajstić information content (AvgIpc) is 2.81.